The van der Waals surface area contributed by atoms with E-state index in [1.807, 2.05) is 6.07 Å². The van der Waals surface area contributed by atoms with Gasteiger partial charge in [0.1, 0.15) is 0 Å². The second-order valence-corrected chi connectivity index (χ2v) is 8.87. The summed E-state index contributed by atoms with van der Waals surface area (Å²) in [7, 11) is 0. The van der Waals surface area contributed by atoms with Crippen molar-refractivity contribution in [2.24, 2.45) is 11.8 Å². The van der Waals surface area contributed by atoms with E-state index in [-0.39, 0.29) is 5.91 Å². The molecule has 2 aliphatic rings. The van der Waals surface area contributed by atoms with E-state index >= 15 is 0 Å². The van der Waals surface area contributed by atoms with Crippen molar-refractivity contribution in [3.63, 3.8) is 0 Å². The Bertz CT molecular complexity index is 613. The van der Waals surface area contributed by atoms with Gasteiger partial charge in [0.05, 0.1) is 4.88 Å². The maximum absolute atomic E-state index is 12.4. The Hall–Kier alpha value is -1.14. The number of hydrazine groups is 1. The lowest BCUT2D eigenvalue weighted by Crippen LogP contribution is -2.51. The molecule has 3 atom stereocenters. The molecule has 0 aliphatic heterocycles. The van der Waals surface area contributed by atoms with Crippen LogP contribution in [0.15, 0.2) is 6.07 Å². The third-order valence-corrected chi connectivity index (χ3v) is 6.73. The lowest BCUT2D eigenvalue weighted by Gasteiger charge is -2.30. The molecule has 3 rings (SSSR count). The first-order chi connectivity index (χ1) is 11.5. The molecular weight excluding hydrogens is 338 g/mol. The highest BCUT2D eigenvalue weighted by molar-refractivity contribution is 7.80. The van der Waals surface area contributed by atoms with Gasteiger partial charge in [-0.1, -0.05) is 26.7 Å². The number of thiocarbonyl (C=S) groups is 1. The molecular formula is C18H27N3OS2. The van der Waals surface area contributed by atoms with Crippen LogP contribution in [0.3, 0.4) is 0 Å². The van der Waals surface area contributed by atoms with Gasteiger partial charge in [0.15, 0.2) is 5.11 Å². The van der Waals surface area contributed by atoms with Gasteiger partial charge < -0.3 is 5.32 Å². The molecule has 0 radical (unpaired) electrons. The molecule has 1 saturated carbocycles. The fourth-order valence-corrected chi connectivity index (χ4v) is 5.03. The summed E-state index contributed by atoms with van der Waals surface area (Å²) in [5.41, 5.74) is 6.95. The van der Waals surface area contributed by atoms with Crippen LogP contribution in [0.2, 0.25) is 0 Å². The van der Waals surface area contributed by atoms with E-state index in [0.29, 0.717) is 17.1 Å². The topological polar surface area (TPSA) is 53.2 Å². The molecule has 2 aliphatic carbocycles. The summed E-state index contributed by atoms with van der Waals surface area (Å²) in [4.78, 5) is 14.5. The van der Waals surface area contributed by atoms with Crippen LogP contribution in [0.25, 0.3) is 0 Å². The van der Waals surface area contributed by atoms with Crippen molar-refractivity contribution in [2.75, 3.05) is 0 Å². The van der Waals surface area contributed by atoms with E-state index in [1.54, 1.807) is 11.3 Å². The molecule has 1 fully saturated rings. The van der Waals surface area contributed by atoms with E-state index in [4.69, 9.17) is 12.2 Å². The minimum Gasteiger partial charge on any atom is -0.358 e. The number of rotatable bonds is 2. The standard InChI is InChI=1S/C18H27N3OS2/c1-11-7-8-15-13(9-11)10-16(24-15)17(22)20-21-18(23)19-14-6-4-3-5-12(14)2/h10-12,14H,3-9H2,1-2H3,(H,20,22)(H2,19,21,23)/t11-,12+,14-/m1/s1. The highest BCUT2D eigenvalue weighted by Crippen LogP contribution is 2.32. The number of hydrogen-bond donors (Lipinski definition) is 3. The average molecular weight is 366 g/mol. The van der Waals surface area contributed by atoms with Crippen molar-refractivity contribution < 1.29 is 4.79 Å². The van der Waals surface area contributed by atoms with Crippen molar-refractivity contribution in [1.82, 2.24) is 16.2 Å². The Kier molecular flexibility index (Phi) is 5.76. The summed E-state index contributed by atoms with van der Waals surface area (Å²) in [6.07, 6.45) is 8.35. The fourth-order valence-electron chi connectivity index (χ4n) is 3.73. The lowest BCUT2D eigenvalue weighted by molar-refractivity contribution is 0.0947. The molecule has 0 spiro atoms. The molecule has 4 nitrogen and oxygen atoms in total. The number of carbonyl (C=O) groups excluding carboxylic acids is 1. The first-order valence-corrected chi connectivity index (χ1v) is 10.2. The first-order valence-electron chi connectivity index (χ1n) is 9.01. The second kappa shape index (κ2) is 7.83. The van der Waals surface area contributed by atoms with Gasteiger partial charge in [-0.05, 0) is 67.8 Å². The SMILES string of the molecule is C[C@@H]1CCc2sc(C(=O)NNC(=S)N[C@@H]3CCCC[C@@H]3C)cc2C1. The maximum Gasteiger partial charge on any atom is 0.279 e. The van der Waals surface area contributed by atoms with E-state index in [0.717, 1.165) is 30.1 Å². The van der Waals surface area contributed by atoms with Gasteiger partial charge in [-0.25, -0.2) is 0 Å². The molecule has 0 unspecified atom stereocenters. The first kappa shape index (κ1) is 17.7. The summed E-state index contributed by atoms with van der Waals surface area (Å²) >= 11 is 6.94. The van der Waals surface area contributed by atoms with Gasteiger partial charge in [0, 0.05) is 10.9 Å². The van der Waals surface area contributed by atoms with E-state index < -0.39 is 0 Å². The molecule has 1 aromatic heterocycles. The minimum absolute atomic E-state index is 0.0945. The minimum atomic E-state index is -0.0945. The van der Waals surface area contributed by atoms with Crippen LogP contribution in [0.5, 0.6) is 0 Å². The van der Waals surface area contributed by atoms with Crippen molar-refractivity contribution in [3.05, 3.63) is 21.4 Å². The normalized spacial score (nSPS) is 26.3. The molecule has 24 heavy (non-hydrogen) atoms. The molecule has 0 bridgehead atoms. The number of amides is 1. The number of hydrogen-bond acceptors (Lipinski definition) is 3. The van der Waals surface area contributed by atoms with Gasteiger partial charge in [-0.2, -0.15) is 0 Å². The van der Waals surface area contributed by atoms with Crippen LogP contribution in [0, 0.1) is 11.8 Å². The van der Waals surface area contributed by atoms with E-state index in [1.165, 1.54) is 36.1 Å². The number of fused-ring (bicyclic) bond motifs is 1. The van der Waals surface area contributed by atoms with Crippen LogP contribution in [0.4, 0.5) is 0 Å². The summed E-state index contributed by atoms with van der Waals surface area (Å²) in [5, 5.41) is 3.85. The molecule has 6 heteroatoms. The van der Waals surface area contributed by atoms with Crippen LogP contribution in [0.1, 0.15) is 66.1 Å². The summed E-state index contributed by atoms with van der Waals surface area (Å²) in [5.74, 6) is 1.25. The summed E-state index contributed by atoms with van der Waals surface area (Å²) < 4.78 is 0. The van der Waals surface area contributed by atoms with Gasteiger partial charge in [-0.3, -0.25) is 15.6 Å². The molecule has 1 aromatic rings. The van der Waals surface area contributed by atoms with Crippen LogP contribution in [-0.4, -0.2) is 17.1 Å². The Morgan fingerprint density at radius 2 is 2.00 bits per heavy atom. The fraction of sp³-hybridized carbons (Fsp3) is 0.667. The van der Waals surface area contributed by atoms with E-state index in [2.05, 4.69) is 30.0 Å². The van der Waals surface area contributed by atoms with Crippen molar-refractivity contribution in [2.45, 2.75) is 64.8 Å². The van der Waals surface area contributed by atoms with Crippen molar-refractivity contribution >= 4 is 34.6 Å². The third kappa shape index (κ3) is 4.28. The Labute approximate surface area is 153 Å². The Balaban J connectivity index is 1.49. The molecule has 1 heterocycles. The summed E-state index contributed by atoms with van der Waals surface area (Å²) in [6, 6.07) is 2.46. The van der Waals surface area contributed by atoms with Gasteiger partial charge in [0.25, 0.3) is 5.91 Å². The predicted molar refractivity (Wildman–Crippen MR) is 103 cm³/mol. The lowest BCUT2D eigenvalue weighted by atomic mass is 9.86. The number of carbonyl (C=O) groups is 1. The zero-order valence-corrected chi connectivity index (χ0v) is 16.1. The third-order valence-electron chi connectivity index (χ3n) is 5.27. The molecule has 132 valence electrons. The maximum atomic E-state index is 12.4. The van der Waals surface area contributed by atoms with Gasteiger partial charge >= 0.3 is 0 Å². The Morgan fingerprint density at radius 3 is 2.79 bits per heavy atom. The average Bonchev–Trinajstić information content (AvgIpc) is 2.98. The van der Waals surface area contributed by atoms with Gasteiger partial charge in [-0.15, -0.1) is 11.3 Å². The van der Waals surface area contributed by atoms with Crippen LogP contribution < -0.4 is 16.2 Å². The largest absolute Gasteiger partial charge is 0.358 e. The number of aryl methyl sites for hydroxylation is 1. The molecule has 0 saturated heterocycles. The highest BCUT2D eigenvalue weighted by atomic mass is 32.1. The van der Waals surface area contributed by atoms with E-state index in [9.17, 15) is 4.79 Å². The second-order valence-electron chi connectivity index (χ2n) is 7.33. The summed E-state index contributed by atoms with van der Waals surface area (Å²) in [6.45, 7) is 4.54. The monoisotopic (exact) mass is 365 g/mol. The molecule has 3 N–H and O–H groups in total. The van der Waals surface area contributed by atoms with Gasteiger partial charge in [0.2, 0.25) is 0 Å². The number of thiophene rings is 1. The van der Waals surface area contributed by atoms with Crippen LogP contribution >= 0.6 is 23.6 Å². The van der Waals surface area contributed by atoms with Crippen molar-refractivity contribution in [1.29, 1.82) is 0 Å². The molecule has 0 aromatic carbocycles. The zero-order valence-electron chi connectivity index (χ0n) is 14.5. The zero-order chi connectivity index (χ0) is 17.1. The smallest absolute Gasteiger partial charge is 0.279 e. The molecule has 1 amide bonds. The Morgan fingerprint density at radius 1 is 1.21 bits per heavy atom. The number of nitrogens with one attached hydrogen (secondary N) is 3. The quantitative estimate of drug-likeness (QED) is 0.554. The highest BCUT2D eigenvalue weighted by Gasteiger charge is 2.23. The van der Waals surface area contributed by atoms with Crippen molar-refractivity contribution in [3.8, 4) is 0 Å². The predicted octanol–water partition coefficient (Wildman–Crippen LogP) is 3.56. The van der Waals surface area contributed by atoms with Crippen LogP contribution in [-0.2, 0) is 12.8 Å².